The zero-order chi connectivity index (χ0) is 27.0. The highest BCUT2D eigenvalue weighted by Crippen LogP contribution is 2.38. The number of aliphatic hydroxyl groups is 1. The van der Waals surface area contributed by atoms with Crippen LogP contribution in [0.1, 0.15) is 26.7 Å². The highest BCUT2D eigenvalue weighted by molar-refractivity contribution is 6.33. The van der Waals surface area contributed by atoms with Crippen molar-refractivity contribution in [3.63, 3.8) is 0 Å². The molecule has 0 saturated carbocycles. The van der Waals surface area contributed by atoms with Gasteiger partial charge in [0.05, 0.1) is 11.1 Å². The monoisotopic (exact) mass is 554 g/mol. The zero-order valence-electron chi connectivity index (χ0n) is 21.1. The quantitative estimate of drug-likeness (QED) is 0.341. The number of amides is 1. The number of ether oxygens (including phenoxy) is 1. The number of rotatable bonds is 7. The van der Waals surface area contributed by atoms with E-state index in [1.165, 1.54) is 0 Å². The number of anilines is 1. The molecule has 1 saturated heterocycles. The predicted molar refractivity (Wildman–Crippen MR) is 148 cm³/mol. The maximum atomic E-state index is 12.0. The highest BCUT2D eigenvalue weighted by atomic mass is 35.5. The van der Waals surface area contributed by atoms with E-state index >= 15 is 0 Å². The van der Waals surface area contributed by atoms with Crippen molar-refractivity contribution in [2.45, 2.75) is 32.8 Å². The second kappa shape index (κ2) is 10.4. The van der Waals surface area contributed by atoms with E-state index in [4.69, 9.17) is 48.6 Å². The van der Waals surface area contributed by atoms with Crippen molar-refractivity contribution in [1.82, 2.24) is 19.5 Å². The lowest BCUT2D eigenvalue weighted by atomic mass is 9.80. The van der Waals surface area contributed by atoms with Crippen molar-refractivity contribution < 1.29 is 14.6 Å². The van der Waals surface area contributed by atoms with E-state index in [1.54, 1.807) is 19.1 Å². The van der Waals surface area contributed by atoms with Gasteiger partial charge in [-0.05, 0) is 56.2 Å². The summed E-state index contributed by atoms with van der Waals surface area (Å²) < 4.78 is 7.67. The third-order valence-corrected chi connectivity index (χ3v) is 7.46. The first-order valence-electron chi connectivity index (χ1n) is 12.3. The standard InChI is InChI=1S/C27H28Cl2N6O3/c1-16(36)15-38-26-32-23(34-13-11-27(2,12-14-34)25(30)37)21-24(33-26)35(18-9-7-17(28)8-10-18)22(31-21)19-5-3-4-6-20(19)29/h3-10,16,36H,11-15H2,1-2H3,(H2,30,37)/t16-/m1/s1. The molecule has 3 N–H and O–H groups in total. The van der Waals surface area contributed by atoms with E-state index in [9.17, 15) is 9.90 Å². The molecule has 38 heavy (non-hydrogen) atoms. The first-order valence-corrected chi connectivity index (χ1v) is 13.1. The van der Waals surface area contributed by atoms with Crippen molar-refractivity contribution in [2.75, 3.05) is 24.6 Å². The summed E-state index contributed by atoms with van der Waals surface area (Å²) in [6.07, 6.45) is 0.448. The van der Waals surface area contributed by atoms with Gasteiger partial charge in [0.1, 0.15) is 12.4 Å². The number of piperidine rings is 1. The molecule has 9 nitrogen and oxygen atoms in total. The molecule has 5 rings (SSSR count). The van der Waals surface area contributed by atoms with Crippen molar-refractivity contribution in [2.24, 2.45) is 11.1 Å². The molecule has 0 unspecified atom stereocenters. The van der Waals surface area contributed by atoms with E-state index in [0.717, 1.165) is 11.3 Å². The summed E-state index contributed by atoms with van der Waals surface area (Å²) in [4.78, 5) is 28.5. The first kappa shape index (κ1) is 26.2. The molecular weight excluding hydrogens is 527 g/mol. The van der Waals surface area contributed by atoms with Gasteiger partial charge in [0, 0.05) is 34.8 Å². The lowest BCUT2D eigenvalue weighted by molar-refractivity contribution is -0.127. The van der Waals surface area contributed by atoms with Gasteiger partial charge in [-0.2, -0.15) is 9.97 Å². The van der Waals surface area contributed by atoms with E-state index in [-0.39, 0.29) is 18.5 Å². The summed E-state index contributed by atoms with van der Waals surface area (Å²) in [5.41, 5.74) is 7.66. The number of benzene rings is 2. The Morgan fingerprint density at radius 3 is 2.42 bits per heavy atom. The minimum absolute atomic E-state index is 0.0249. The molecular formula is C27H28Cl2N6O3. The number of aromatic nitrogens is 4. The number of nitrogens with two attached hydrogens (primary N) is 1. The Bertz CT molecular complexity index is 1480. The molecule has 4 aromatic rings. The Kier molecular flexibility index (Phi) is 7.17. The largest absolute Gasteiger partial charge is 0.461 e. The molecule has 2 aromatic heterocycles. The average molecular weight is 555 g/mol. The van der Waals surface area contributed by atoms with Crippen LogP contribution in [-0.4, -0.2) is 56.3 Å². The lowest BCUT2D eigenvalue weighted by Gasteiger charge is -2.37. The number of aliphatic hydroxyl groups excluding tert-OH is 1. The molecule has 11 heteroatoms. The Balaban J connectivity index is 1.73. The summed E-state index contributed by atoms with van der Waals surface area (Å²) in [6, 6.07) is 14.9. The van der Waals surface area contributed by atoms with Gasteiger partial charge in [0.25, 0.3) is 0 Å². The lowest BCUT2D eigenvalue weighted by Crippen LogP contribution is -2.45. The molecule has 2 aromatic carbocycles. The fourth-order valence-corrected chi connectivity index (χ4v) is 4.87. The van der Waals surface area contributed by atoms with Crippen molar-refractivity contribution in [3.05, 3.63) is 58.6 Å². The summed E-state index contributed by atoms with van der Waals surface area (Å²) in [6.45, 7) is 4.65. The van der Waals surface area contributed by atoms with Gasteiger partial charge < -0.3 is 20.5 Å². The van der Waals surface area contributed by atoms with Gasteiger partial charge >= 0.3 is 6.01 Å². The number of imidazole rings is 1. The van der Waals surface area contributed by atoms with Crippen LogP contribution in [0, 0.1) is 5.41 Å². The molecule has 1 aliphatic rings. The summed E-state index contributed by atoms with van der Waals surface area (Å²) in [5.74, 6) is 0.845. The van der Waals surface area contributed by atoms with Gasteiger partial charge in [0.2, 0.25) is 5.91 Å². The number of carbonyl (C=O) groups is 1. The fraction of sp³-hybridized carbons (Fsp3) is 0.333. The summed E-state index contributed by atoms with van der Waals surface area (Å²) in [5, 5.41) is 10.9. The topological polar surface area (TPSA) is 119 Å². The van der Waals surface area contributed by atoms with E-state index < -0.39 is 11.5 Å². The van der Waals surface area contributed by atoms with Crippen LogP contribution < -0.4 is 15.4 Å². The molecule has 0 aliphatic carbocycles. The molecule has 1 atom stereocenters. The molecule has 3 heterocycles. The molecule has 1 aliphatic heterocycles. The third-order valence-electron chi connectivity index (χ3n) is 6.88. The molecule has 0 spiro atoms. The molecule has 1 amide bonds. The van der Waals surface area contributed by atoms with E-state index in [1.807, 2.05) is 47.9 Å². The van der Waals surface area contributed by atoms with Crippen LogP contribution >= 0.6 is 23.2 Å². The Morgan fingerprint density at radius 2 is 1.79 bits per heavy atom. The van der Waals surface area contributed by atoms with Gasteiger partial charge in [0.15, 0.2) is 17.0 Å². The minimum atomic E-state index is -0.705. The maximum absolute atomic E-state index is 12.0. The Morgan fingerprint density at radius 1 is 1.11 bits per heavy atom. The first-order chi connectivity index (χ1) is 18.2. The second-order valence-electron chi connectivity index (χ2n) is 9.80. The highest BCUT2D eigenvalue weighted by Gasteiger charge is 2.37. The normalized spacial score (nSPS) is 16.0. The number of nitrogens with zero attached hydrogens (tertiary/aromatic N) is 5. The van der Waals surface area contributed by atoms with Crippen LogP contribution in [-0.2, 0) is 4.79 Å². The molecule has 0 bridgehead atoms. The number of hydrogen-bond donors (Lipinski definition) is 2. The van der Waals surface area contributed by atoms with Crippen LogP contribution in [0.2, 0.25) is 10.0 Å². The van der Waals surface area contributed by atoms with Crippen molar-refractivity contribution >= 4 is 46.1 Å². The summed E-state index contributed by atoms with van der Waals surface area (Å²) in [7, 11) is 0. The number of primary amides is 1. The van der Waals surface area contributed by atoms with Crippen LogP contribution in [0.5, 0.6) is 6.01 Å². The number of hydrogen-bond acceptors (Lipinski definition) is 7. The second-order valence-corrected chi connectivity index (χ2v) is 10.6. The van der Waals surface area contributed by atoms with Gasteiger partial charge in [-0.15, -0.1) is 0 Å². The number of carbonyl (C=O) groups excluding carboxylic acids is 1. The third kappa shape index (κ3) is 5.01. The maximum Gasteiger partial charge on any atom is 0.320 e. The average Bonchev–Trinajstić information content (AvgIpc) is 3.27. The number of halogens is 2. The zero-order valence-corrected chi connectivity index (χ0v) is 22.6. The van der Waals surface area contributed by atoms with Gasteiger partial charge in [-0.3, -0.25) is 9.36 Å². The van der Waals surface area contributed by atoms with Gasteiger partial charge in [-0.25, -0.2) is 4.98 Å². The van der Waals surface area contributed by atoms with Crippen LogP contribution in [0.25, 0.3) is 28.2 Å². The van der Waals surface area contributed by atoms with E-state index in [2.05, 4.69) is 4.90 Å². The van der Waals surface area contributed by atoms with E-state index in [0.29, 0.717) is 58.8 Å². The smallest absolute Gasteiger partial charge is 0.320 e. The van der Waals surface area contributed by atoms with Crippen LogP contribution in [0.4, 0.5) is 5.82 Å². The molecule has 1 fully saturated rings. The molecule has 198 valence electrons. The van der Waals surface area contributed by atoms with Crippen LogP contribution in [0.3, 0.4) is 0 Å². The Hall–Kier alpha value is -3.40. The van der Waals surface area contributed by atoms with Gasteiger partial charge in [-0.1, -0.05) is 42.3 Å². The van der Waals surface area contributed by atoms with Crippen molar-refractivity contribution in [1.29, 1.82) is 0 Å². The summed E-state index contributed by atoms with van der Waals surface area (Å²) >= 11 is 12.8. The van der Waals surface area contributed by atoms with Crippen molar-refractivity contribution in [3.8, 4) is 23.1 Å². The molecule has 0 radical (unpaired) electrons. The minimum Gasteiger partial charge on any atom is -0.461 e. The van der Waals surface area contributed by atoms with Crippen LogP contribution in [0.15, 0.2) is 48.5 Å². The predicted octanol–water partition coefficient (Wildman–Crippen LogP) is 4.64. The SMILES string of the molecule is C[C@@H](O)COc1nc(N2CCC(C)(C(N)=O)CC2)c2nc(-c3ccccc3Cl)n(-c3ccc(Cl)cc3)c2n1. The fourth-order valence-electron chi connectivity index (χ4n) is 4.52. The Labute approximate surface area is 230 Å². The number of fused-ring (bicyclic) bond motifs is 1.